The lowest BCUT2D eigenvalue weighted by Crippen LogP contribution is -2.06. The number of aromatic nitrogens is 5. The lowest BCUT2D eigenvalue weighted by atomic mass is 10.1. The smallest absolute Gasteiger partial charge is 0.210 e. The van der Waals surface area contributed by atoms with Crippen LogP contribution in [0.2, 0.25) is 0 Å². The highest BCUT2D eigenvalue weighted by Crippen LogP contribution is 2.24. The summed E-state index contributed by atoms with van der Waals surface area (Å²) in [5.41, 5.74) is 4.09. The molecule has 0 aliphatic heterocycles. The summed E-state index contributed by atoms with van der Waals surface area (Å²) < 4.78 is 1.72. The average Bonchev–Trinajstić information content (AvgIpc) is 3.33. The lowest BCUT2D eigenvalue weighted by molar-refractivity contribution is 0.102. The van der Waals surface area contributed by atoms with E-state index in [9.17, 15) is 4.79 Å². The summed E-state index contributed by atoms with van der Waals surface area (Å²) in [6, 6.07) is 16.1. The highest BCUT2D eigenvalue weighted by molar-refractivity contribution is 7.99. The monoisotopic (exact) mass is 377 g/mol. The molecule has 0 saturated heterocycles. The standard InChI is InChI=1S/C20H19N5OS/c1-2-15-9-6-10-16-17(11-21-19(15)16)18(26)13-27-20-22-23-24-25(20)12-14-7-4-3-5-8-14/h3-11,21H,2,12-13H2,1H3. The number of nitrogens with one attached hydrogen (secondary N) is 1. The molecule has 0 aliphatic rings. The molecule has 0 bridgehead atoms. The fraction of sp³-hybridized carbons (Fsp3) is 0.200. The number of Topliss-reactive ketones (excluding diaryl/α,β-unsaturated/α-hetero) is 1. The van der Waals surface area contributed by atoms with E-state index in [1.165, 1.54) is 17.3 Å². The minimum absolute atomic E-state index is 0.0637. The van der Waals surface area contributed by atoms with Crippen molar-refractivity contribution < 1.29 is 4.79 Å². The zero-order valence-corrected chi connectivity index (χ0v) is 15.7. The summed E-state index contributed by atoms with van der Waals surface area (Å²) in [5.74, 6) is 0.354. The number of para-hydroxylation sites is 1. The van der Waals surface area contributed by atoms with Crippen molar-refractivity contribution in [3.8, 4) is 0 Å². The van der Waals surface area contributed by atoms with Crippen LogP contribution in [0.15, 0.2) is 59.9 Å². The zero-order chi connectivity index (χ0) is 18.6. The fourth-order valence-corrected chi connectivity index (χ4v) is 3.87. The number of hydrogen-bond acceptors (Lipinski definition) is 5. The summed E-state index contributed by atoms with van der Waals surface area (Å²) in [5, 5.41) is 13.5. The molecule has 0 radical (unpaired) electrons. The molecule has 2 heterocycles. The maximum absolute atomic E-state index is 12.8. The minimum atomic E-state index is 0.0637. The number of tetrazole rings is 1. The van der Waals surface area contributed by atoms with Gasteiger partial charge < -0.3 is 4.98 Å². The number of fused-ring (bicyclic) bond motifs is 1. The Balaban J connectivity index is 1.49. The molecular formula is C20H19N5OS. The topological polar surface area (TPSA) is 76.5 Å². The molecular weight excluding hydrogens is 358 g/mol. The van der Waals surface area contributed by atoms with E-state index in [0.717, 1.165) is 28.5 Å². The molecule has 136 valence electrons. The Morgan fingerprint density at radius 3 is 2.81 bits per heavy atom. The van der Waals surface area contributed by atoms with Gasteiger partial charge in [0.15, 0.2) is 5.78 Å². The van der Waals surface area contributed by atoms with Crippen LogP contribution in [-0.4, -0.2) is 36.7 Å². The number of hydrogen-bond donors (Lipinski definition) is 1. The molecule has 0 saturated carbocycles. The first-order valence-electron chi connectivity index (χ1n) is 8.81. The van der Waals surface area contributed by atoms with Crippen molar-refractivity contribution in [2.24, 2.45) is 0 Å². The molecule has 0 spiro atoms. The third-order valence-corrected chi connectivity index (χ3v) is 5.45. The van der Waals surface area contributed by atoms with Gasteiger partial charge in [0.1, 0.15) is 0 Å². The van der Waals surface area contributed by atoms with Crippen LogP contribution in [0.4, 0.5) is 0 Å². The van der Waals surface area contributed by atoms with Gasteiger partial charge in [-0.15, -0.1) is 5.10 Å². The quantitative estimate of drug-likeness (QED) is 0.392. The van der Waals surface area contributed by atoms with Crippen molar-refractivity contribution >= 4 is 28.4 Å². The summed E-state index contributed by atoms with van der Waals surface area (Å²) in [4.78, 5) is 16.0. The van der Waals surface area contributed by atoms with Gasteiger partial charge in [-0.25, -0.2) is 4.68 Å². The van der Waals surface area contributed by atoms with Crippen LogP contribution < -0.4 is 0 Å². The predicted octanol–water partition coefficient (Wildman–Crippen LogP) is 3.74. The molecule has 0 atom stereocenters. The Morgan fingerprint density at radius 1 is 1.15 bits per heavy atom. The molecule has 0 unspecified atom stereocenters. The van der Waals surface area contributed by atoms with E-state index >= 15 is 0 Å². The van der Waals surface area contributed by atoms with Crippen molar-refractivity contribution in [2.45, 2.75) is 25.0 Å². The third kappa shape index (κ3) is 3.64. The second-order valence-corrected chi connectivity index (χ2v) is 7.15. The van der Waals surface area contributed by atoms with Crippen molar-refractivity contribution in [1.29, 1.82) is 0 Å². The van der Waals surface area contributed by atoms with Crippen molar-refractivity contribution in [3.63, 3.8) is 0 Å². The average molecular weight is 377 g/mol. The van der Waals surface area contributed by atoms with Crippen LogP contribution in [0.3, 0.4) is 0 Å². The minimum Gasteiger partial charge on any atom is -0.360 e. The van der Waals surface area contributed by atoms with Gasteiger partial charge in [0.2, 0.25) is 5.16 Å². The predicted molar refractivity (Wildman–Crippen MR) is 106 cm³/mol. The first-order valence-corrected chi connectivity index (χ1v) is 9.80. The molecule has 7 heteroatoms. The summed E-state index contributed by atoms with van der Waals surface area (Å²) in [7, 11) is 0. The SMILES string of the molecule is CCc1cccc2c(C(=O)CSc3nnnn3Cc3ccccc3)c[nH]c12. The van der Waals surface area contributed by atoms with Gasteiger partial charge in [0.05, 0.1) is 12.3 Å². The van der Waals surface area contributed by atoms with Crippen molar-refractivity contribution in [3.05, 3.63) is 71.4 Å². The number of nitrogens with zero attached hydrogens (tertiary/aromatic N) is 4. The number of carbonyl (C=O) groups is 1. The number of ketones is 1. The number of aromatic amines is 1. The van der Waals surface area contributed by atoms with Crippen LogP contribution in [0.5, 0.6) is 0 Å². The van der Waals surface area contributed by atoms with Crippen molar-refractivity contribution in [1.82, 2.24) is 25.2 Å². The van der Waals surface area contributed by atoms with Crippen LogP contribution in [0.25, 0.3) is 10.9 Å². The molecule has 6 nitrogen and oxygen atoms in total. The Kier molecular flexibility index (Phi) is 5.02. The third-order valence-electron chi connectivity index (χ3n) is 4.49. The molecule has 0 aliphatic carbocycles. The van der Waals surface area contributed by atoms with Gasteiger partial charge >= 0.3 is 0 Å². The van der Waals surface area contributed by atoms with E-state index < -0.39 is 0 Å². The Morgan fingerprint density at radius 2 is 2.00 bits per heavy atom. The van der Waals surface area contributed by atoms with E-state index in [1.807, 2.05) is 42.5 Å². The van der Waals surface area contributed by atoms with Crippen LogP contribution in [0, 0.1) is 0 Å². The Labute approximate surface area is 161 Å². The number of H-pyrrole nitrogens is 1. The van der Waals surface area contributed by atoms with Crippen LogP contribution in [-0.2, 0) is 13.0 Å². The molecule has 2 aromatic heterocycles. The number of carbonyl (C=O) groups excluding carboxylic acids is 1. The highest BCUT2D eigenvalue weighted by atomic mass is 32.2. The maximum Gasteiger partial charge on any atom is 0.210 e. The lowest BCUT2D eigenvalue weighted by Gasteiger charge is -2.04. The first kappa shape index (κ1) is 17.5. The Hall–Kier alpha value is -2.93. The number of benzene rings is 2. The molecule has 4 aromatic rings. The first-order chi connectivity index (χ1) is 13.3. The summed E-state index contributed by atoms with van der Waals surface area (Å²) in [6.45, 7) is 2.69. The number of aryl methyl sites for hydroxylation is 1. The molecule has 27 heavy (non-hydrogen) atoms. The van der Waals surface area contributed by atoms with E-state index in [4.69, 9.17) is 0 Å². The van der Waals surface area contributed by atoms with Gasteiger partial charge in [-0.1, -0.05) is 67.2 Å². The summed E-state index contributed by atoms with van der Waals surface area (Å²) >= 11 is 1.36. The van der Waals surface area contributed by atoms with Crippen LogP contribution >= 0.6 is 11.8 Å². The summed E-state index contributed by atoms with van der Waals surface area (Å²) in [6.07, 6.45) is 2.73. The normalized spacial score (nSPS) is 11.1. The molecule has 4 rings (SSSR count). The molecule has 0 fully saturated rings. The van der Waals surface area contributed by atoms with Gasteiger partial charge in [0, 0.05) is 22.7 Å². The zero-order valence-electron chi connectivity index (χ0n) is 14.9. The van der Waals surface area contributed by atoms with E-state index in [0.29, 0.717) is 17.5 Å². The second kappa shape index (κ2) is 7.75. The second-order valence-electron chi connectivity index (χ2n) is 6.21. The number of rotatable bonds is 7. The molecule has 0 amide bonds. The van der Waals surface area contributed by atoms with E-state index in [-0.39, 0.29) is 5.78 Å². The van der Waals surface area contributed by atoms with Gasteiger partial charge in [0.25, 0.3) is 0 Å². The maximum atomic E-state index is 12.8. The van der Waals surface area contributed by atoms with Crippen molar-refractivity contribution in [2.75, 3.05) is 5.75 Å². The number of thioether (sulfide) groups is 1. The fourth-order valence-electron chi connectivity index (χ4n) is 3.11. The van der Waals surface area contributed by atoms with Gasteiger partial charge in [-0.3, -0.25) is 4.79 Å². The molecule has 1 N–H and O–H groups in total. The highest BCUT2D eigenvalue weighted by Gasteiger charge is 2.16. The van der Waals surface area contributed by atoms with E-state index in [2.05, 4.69) is 33.5 Å². The van der Waals surface area contributed by atoms with Gasteiger partial charge in [-0.05, 0) is 28.0 Å². The molecule has 2 aromatic carbocycles. The van der Waals surface area contributed by atoms with Crippen LogP contribution in [0.1, 0.15) is 28.4 Å². The Bertz CT molecular complexity index is 1070. The van der Waals surface area contributed by atoms with E-state index in [1.54, 1.807) is 10.9 Å². The largest absolute Gasteiger partial charge is 0.360 e. The van der Waals surface area contributed by atoms with Gasteiger partial charge in [-0.2, -0.15) is 0 Å².